The van der Waals surface area contributed by atoms with Crippen LogP contribution in [-0.2, 0) is 0 Å². The highest BCUT2D eigenvalue weighted by Gasteiger charge is 2.49. The zero-order valence-corrected chi connectivity index (χ0v) is 14.2. The molecule has 0 aromatic heterocycles. The first-order chi connectivity index (χ1) is 11.2. The molecule has 2 aromatic rings. The fourth-order valence-corrected chi connectivity index (χ4v) is 5.18. The lowest BCUT2D eigenvalue weighted by Crippen LogP contribution is -2.48. The minimum absolute atomic E-state index is 0.146. The Bertz CT molecular complexity index is 697. The number of hydrogen-bond acceptors (Lipinski definition) is 2. The van der Waals surface area contributed by atoms with Gasteiger partial charge >= 0.3 is 0 Å². The van der Waals surface area contributed by atoms with E-state index in [1.54, 1.807) is 0 Å². The van der Waals surface area contributed by atoms with Crippen LogP contribution in [0.4, 0.5) is 0 Å². The Kier molecular flexibility index (Phi) is 3.90. The lowest BCUT2D eigenvalue weighted by molar-refractivity contribution is 0.0425. The molecule has 0 saturated carbocycles. The number of rotatable bonds is 3. The summed E-state index contributed by atoms with van der Waals surface area (Å²) in [4.78, 5) is 2.46. The molecule has 2 nitrogen and oxygen atoms in total. The van der Waals surface area contributed by atoms with Crippen molar-refractivity contribution in [1.29, 1.82) is 0 Å². The third-order valence-corrected chi connectivity index (χ3v) is 6.26. The third kappa shape index (κ3) is 2.49. The van der Waals surface area contributed by atoms with E-state index in [-0.39, 0.29) is 6.10 Å². The Morgan fingerprint density at radius 2 is 1.87 bits per heavy atom. The van der Waals surface area contributed by atoms with Crippen LogP contribution in [0.15, 0.2) is 42.5 Å². The van der Waals surface area contributed by atoms with Crippen molar-refractivity contribution in [3.63, 3.8) is 0 Å². The second-order valence-electron chi connectivity index (χ2n) is 7.51. The first-order valence-electron chi connectivity index (χ1n) is 9.07. The van der Waals surface area contributed by atoms with Crippen LogP contribution >= 0.6 is 0 Å². The molecule has 2 aliphatic rings. The van der Waals surface area contributed by atoms with E-state index in [0.29, 0.717) is 23.9 Å². The Morgan fingerprint density at radius 1 is 1.09 bits per heavy atom. The van der Waals surface area contributed by atoms with E-state index >= 15 is 0 Å². The average Bonchev–Trinajstić information content (AvgIpc) is 2.75. The molecule has 2 aliphatic heterocycles. The Morgan fingerprint density at radius 3 is 2.65 bits per heavy atom. The highest BCUT2D eigenvalue weighted by atomic mass is 16.3. The predicted octanol–water partition coefficient (Wildman–Crippen LogP) is 4.18. The van der Waals surface area contributed by atoms with Crippen molar-refractivity contribution in [2.24, 2.45) is 5.92 Å². The fraction of sp³-hybridized carbons (Fsp3) is 0.524. The van der Waals surface area contributed by atoms with E-state index in [0.717, 1.165) is 6.42 Å². The van der Waals surface area contributed by atoms with Crippen LogP contribution in [0.1, 0.15) is 44.1 Å². The van der Waals surface area contributed by atoms with E-state index in [9.17, 15) is 5.11 Å². The summed E-state index contributed by atoms with van der Waals surface area (Å²) < 4.78 is 0. The summed E-state index contributed by atoms with van der Waals surface area (Å²) >= 11 is 0. The molecule has 0 spiro atoms. The number of piperidine rings is 1. The van der Waals surface area contributed by atoms with Gasteiger partial charge < -0.3 is 5.11 Å². The molecule has 2 heterocycles. The minimum atomic E-state index is -0.146. The second kappa shape index (κ2) is 5.92. The number of hydrogen-bond donors (Lipinski definition) is 1. The summed E-state index contributed by atoms with van der Waals surface area (Å²) in [5.41, 5.74) is 1.47. The Labute approximate surface area is 139 Å². The number of aliphatic hydroxyl groups is 1. The lowest BCUT2D eigenvalue weighted by Gasteiger charge is -2.44. The first kappa shape index (κ1) is 15.2. The molecule has 2 bridgehead atoms. The van der Waals surface area contributed by atoms with Crippen molar-refractivity contribution in [3.8, 4) is 0 Å². The summed E-state index contributed by atoms with van der Waals surface area (Å²) in [5, 5.41) is 13.2. The topological polar surface area (TPSA) is 23.5 Å². The van der Waals surface area contributed by atoms with Gasteiger partial charge in [-0.3, -0.25) is 4.90 Å². The highest BCUT2D eigenvalue weighted by Crippen LogP contribution is 2.48. The van der Waals surface area contributed by atoms with E-state index in [4.69, 9.17) is 0 Å². The third-order valence-electron chi connectivity index (χ3n) is 6.26. The summed E-state index contributed by atoms with van der Waals surface area (Å²) in [6, 6.07) is 16.5. The zero-order valence-electron chi connectivity index (χ0n) is 14.2. The normalized spacial score (nSPS) is 34.1. The van der Waals surface area contributed by atoms with Gasteiger partial charge in [0.15, 0.2) is 0 Å². The molecule has 0 aliphatic carbocycles. The van der Waals surface area contributed by atoms with Gasteiger partial charge in [0, 0.05) is 12.1 Å². The first-order valence-corrected chi connectivity index (χ1v) is 9.07. The van der Waals surface area contributed by atoms with Crippen LogP contribution in [-0.4, -0.2) is 35.2 Å². The maximum atomic E-state index is 10.6. The van der Waals surface area contributed by atoms with E-state index in [1.807, 2.05) is 0 Å². The largest absolute Gasteiger partial charge is 0.391 e. The molecule has 2 heteroatoms. The monoisotopic (exact) mass is 309 g/mol. The quantitative estimate of drug-likeness (QED) is 0.919. The minimum Gasteiger partial charge on any atom is -0.391 e. The predicted molar refractivity (Wildman–Crippen MR) is 95.7 cm³/mol. The summed E-state index contributed by atoms with van der Waals surface area (Å²) in [6.07, 6.45) is 4.39. The Hall–Kier alpha value is -1.38. The molecule has 0 radical (unpaired) electrons. The molecule has 122 valence electrons. The molecule has 23 heavy (non-hydrogen) atoms. The summed E-state index contributed by atoms with van der Waals surface area (Å²) in [5.74, 6) is 1.16. The van der Waals surface area contributed by atoms with Gasteiger partial charge in [0.05, 0.1) is 6.10 Å². The van der Waals surface area contributed by atoms with Crippen LogP contribution in [0.5, 0.6) is 0 Å². The highest BCUT2D eigenvalue weighted by molar-refractivity contribution is 5.83. The summed E-state index contributed by atoms with van der Waals surface area (Å²) in [7, 11) is 2.21. The second-order valence-corrected chi connectivity index (χ2v) is 7.51. The van der Waals surface area contributed by atoms with E-state index in [2.05, 4.69) is 61.3 Å². The van der Waals surface area contributed by atoms with Gasteiger partial charge in [-0.25, -0.2) is 0 Å². The molecular formula is C21H27NO. The van der Waals surface area contributed by atoms with Gasteiger partial charge in [0.25, 0.3) is 0 Å². The number of benzene rings is 2. The van der Waals surface area contributed by atoms with E-state index in [1.165, 1.54) is 35.6 Å². The molecule has 1 N–H and O–H groups in total. The molecule has 5 atom stereocenters. The number of fused-ring (bicyclic) bond motifs is 3. The molecule has 4 rings (SSSR count). The van der Waals surface area contributed by atoms with Gasteiger partial charge in [0.1, 0.15) is 0 Å². The molecular weight excluding hydrogens is 282 g/mol. The van der Waals surface area contributed by atoms with Gasteiger partial charge in [0.2, 0.25) is 0 Å². The zero-order chi connectivity index (χ0) is 16.0. The van der Waals surface area contributed by atoms with Gasteiger partial charge in [-0.2, -0.15) is 0 Å². The van der Waals surface area contributed by atoms with Crippen molar-refractivity contribution in [2.75, 3.05) is 7.05 Å². The number of likely N-dealkylation sites (N-methyl/N-ethyl adjacent to an activating group) is 1. The molecule has 0 amide bonds. The summed E-state index contributed by atoms with van der Waals surface area (Å²) in [6.45, 7) is 2.27. The van der Waals surface area contributed by atoms with Gasteiger partial charge in [-0.05, 0) is 54.5 Å². The maximum Gasteiger partial charge on any atom is 0.0713 e. The fourth-order valence-electron chi connectivity index (χ4n) is 5.18. The molecule has 2 unspecified atom stereocenters. The molecule has 2 saturated heterocycles. The number of nitrogens with zero attached hydrogens (tertiary/aromatic N) is 1. The SMILES string of the molecule is CCC[C@@H]1[C@H]2C(O)CC(C[C@H]1c1ccc3ccccc3c1)N2C. The van der Waals surface area contributed by atoms with E-state index < -0.39 is 0 Å². The van der Waals surface area contributed by atoms with Gasteiger partial charge in [-0.1, -0.05) is 55.8 Å². The van der Waals surface area contributed by atoms with Crippen LogP contribution in [0, 0.1) is 5.92 Å². The van der Waals surface area contributed by atoms with Crippen LogP contribution < -0.4 is 0 Å². The van der Waals surface area contributed by atoms with Crippen LogP contribution in [0.25, 0.3) is 10.8 Å². The van der Waals surface area contributed by atoms with Crippen molar-refractivity contribution in [1.82, 2.24) is 4.90 Å². The lowest BCUT2D eigenvalue weighted by atomic mass is 9.73. The standard InChI is InChI=1S/C21H27NO/c1-3-6-18-19(12-17-13-20(23)21(18)22(17)2)16-10-9-14-7-4-5-8-15(14)11-16/h4-5,7-11,17-21,23H,3,6,12-13H2,1-2H3/t17?,18-,19-,20?,21-/m0/s1. The van der Waals surface area contributed by atoms with Crippen LogP contribution in [0.2, 0.25) is 0 Å². The van der Waals surface area contributed by atoms with Gasteiger partial charge in [-0.15, -0.1) is 0 Å². The average molecular weight is 309 g/mol. The Balaban J connectivity index is 1.73. The van der Waals surface area contributed by atoms with Crippen molar-refractivity contribution in [2.45, 2.75) is 56.7 Å². The smallest absolute Gasteiger partial charge is 0.0713 e. The maximum absolute atomic E-state index is 10.6. The van der Waals surface area contributed by atoms with Crippen LogP contribution in [0.3, 0.4) is 0 Å². The van der Waals surface area contributed by atoms with Crippen molar-refractivity contribution in [3.05, 3.63) is 48.0 Å². The molecule has 2 fully saturated rings. The van der Waals surface area contributed by atoms with Crippen molar-refractivity contribution < 1.29 is 5.11 Å². The molecule has 2 aromatic carbocycles. The van der Waals surface area contributed by atoms with Crippen molar-refractivity contribution >= 4 is 10.8 Å². The number of aliphatic hydroxyl groups excluding tert-OH is 1.